The molecule has 0 amide bonds. The molecule has 0 radical (unpaired) electrons. The van der Waals surface area contributed by atoms with E-state index in [1.807, 2.05) is 4.68 Å². The van der Waals surface area contributed by atoms with Gasteiger partial charge in [-0.15, -0.1) is 0 Å². The normalized spacial score (nSPS) is 29.9. The van der Waals surface area contributed by atoms with Crippen molar-refractivity contribution >= 4 is 0 Å². The molecular formula is C7H12N4. The van der Waals surface area contributed by atoms with Gasteiger partial charge in [0.25, 0.3) is 0 Å². The predicted octanol–water partition coefficient (Wildman–Crippen LogP) is 0.188. The molecule has 0 aliphatic heterocycles. The number of rotatable bonds is 2. The van der Waals surface area contributed by atoms with Crippen molar-refractivity contribution in [3.8, 4) is 0 Å². The van der Waals surface area contributed by atoms with Gasteiger partial charge in [-0.25, -0.2) is 9.67 Å². The number of nitrogens with two attached hydrogens (primary N) is 1. The molecule has 0 aromatic carbocycles. The van der Waals surface area contributed by atoms with Crippen molar-refractivity contribution in [2.45, 2.75) is 18.9 Å². The van der Waals surface area contributed by atoms with Crippen molar-refractivity contribution in [1.82, 2.24) is 14.8 Å². The molecule has 0 unspecified atom stereocenters. The molecule has 1 aliphatic carbocycles. The zero-order valence-electron chi connectivity index (χ0n) is 6.35. The lowest BCUT2D eigenvalue weighted by atomic mass is 9.80. The fourth-order valence-corrected chi connectivity index (χ4v) is 1.51. The van der Waals surface area contributed by atoms with Gasteiger partial charge in [0.15, 0.2) is 0 Å². The maximum Gasteiger partial charge on any atom is 0.137 e. The molecular weight excluding hydrogens is 140 g/mol. The molecule has 1 aromatic rings. The molecule has 2 N–H and O–H groups in total. The summed E-state index contributed by atoms with van der Waals surface area (Å²) < 4.78 is 1.92. The van der Waals surface area contributed by atoms with Crippen molar-refractivity contribution in [3.63, 3.8) is 0 Å². The number of nitrogens with zero attached hydrogens (tertiary/aromatic N) is 3. The molecule has 0 atom stereocenters. The first-order chi connectivity index (χ1) is 5.40. The fourth-order valence-electron chi connectivity index (χ4n) is 1.51. The zero-order valence-corrected chi connectivity index (χ0v) is 6.35. The van der Waals surface area contributed by atoms with Crippen LogP contribution >= 0.6 is 0 Å². The Hall–Kier alpha value is -0.900. The second-order valence-electron chi connectivity index (χ2n) is 3.10. The average Bonchev–Trinajstić information content (AvgIpc) is 2.37. The Kier molecular flexibility index (Phi) is 1.62. The molecule has 1 aliphatic rings. The highest BCUT2D eigenvalue weighted by Gasteiger charge is 2.29. The van der Waals surface area contributed by atoms with Gasteiger partial charge in [-0.1, -0.05) is 0 Å². The van der Waals surface area contributed by atoms with Gasteiger partial charge < -0.3 is 5.73 Å². The molecule has 0 bridgehead atoms. The van der Waals surface area contributed by atoms with Crippen molar-refractivity contribution in [2.75, 3.05) is 6.54 Å². The van der Waals surface area contributed by atoms with E-state index in [9.17, 15) is 0 Å². The summed E-state index contributed by atoms with van der Waals surface area (Å²) >= 11 is 0. The first kappa shape index (κ1) is 6.79. The molecule has 0 spiro atoms. The number of hydrogen-bond donors (Lipinski definition) is 1. The van der Waals surface area contributed by atoms with Gasteiger partial charge in [-0.3, -0.25) is 0 Å². The summed E-state index contributed by atoms with van der Waals surface area (Å²) in [7, 11) is 0. The van der Waals surface area contributed by atoms with Crippen LogP contribution in [0.1, 0.15) is 18.9 Å². The van der Waals surface area contributed by atoms with E-state index in [0.29, 0.717) is 12.0 Å². The minimum Gasteiger partial charge on any atom is -0.330 e. The maximum atomic E-state index is 5.50. The third-order valence-corrected chi connectivity index (χ3v) is 2.35. The third kappa shape index (κ3) is 1.14. The van der Waals surface area contributed by atoms with Crippen LogP contribution in [0.3, 0.4) is 0 Å². The molecule has 1 aromatic heterocycles. The maximum absolute atomic E-state index is 5.50. The molecule has 2 rings (SSSR count). The summed E-state index contributed by atoms with van der Waals surface area (Å²) in [6.07, 6.45) is 5.69. The summed E-state index contributed by atoms with van der Waals surface area (Å²) in [5, 5.41) is 4.07. The van der Waals surface area contributed by atoms with Crippen LogP contribution < -0.4 is 5.73 Å². The van der Waals surface area contributed by atoms with Gasteiger partial charge in [-0.2, -0.15) is 5.10 Å². The molecule has 4 heteroatoms. The van der Waals surface area contributed by atoms with Crippen molar-refractivity contribution in [2.24, 2.45) is 11.7 Å². The Balaban J connectivity index is 1.92. The van der Waals surface area contributed by atoms with Crippen molar-refractivity contribution in [3.05, 3.63) is 12.7 Å². The predicted molar refractivity (Wildman–Crippen MR) is 40.8 cm³/mol. The summed E-state index contributed by atoms with van der Waals surface area (Å²) in [5.41, 5.74) is 5.50. The number of hydrogen-bond acceptors (Lipinski definition) is 3. The molecule has 0 saturated heterocycles. The van der Waals surface area contributed by atoms with E-state index < -0.39 is 0 Å². The minimum atomic E-state index is 0.561. The Morgan fingerprint density at radius 2 is 2.36 bits per heavy atom. The van der Waals surface area contributed by atoms with E-state index in [1.54, 1.807) is 12.7 Å². The summed E-state index contributed by atoms with van der Waals surface area (Å²) in [6.45, 7) is 0.811. The van der Waals surface area contributed by atoms with Crippen LogP contribution in [-0.2, 0) is 0 Å². The first-order valence-corrected chi connectivity index (χ1v) is 3.94. The van der Waals surface area contributed by atoms with Crippen LogP contribution in [0.4, 0.5) is 0 Å². The fraction of sp³-hybridized carbons (Fsp3) is 0.714. The third-order valence-electron chi connectivity index (χ3n) is 2.35. The van der Waals surface area contributed by atoms with E-state index in [0.717, 1.165) is 6.54 Å². The monoisotopic (exact) mass is 152 g/mol. The van der Waals surface area contributed by atoms with Gasteiger partial charge in [0, 0.05) is 0 Å². The summed E-state index contributed by atoms with van der Waals surface area (Å²) in [4.78, 5) is 3.90. The van der Waals surface area contributed by atoms with Gasteiger partial charge in [0.05, 0.1) is 6.04 Å². The molecule has 11 heavy (non-hydrogen) atoms. The lowest BCUT2D eigenvalue weighted by Crippen LogP contribution is -2.32. The molecule has 4 nitrogen and oxygen atoms in total. The minimum absolute atomic E-state index is 0.561. The van der Waals surface area contributed by atoms with Crippen LogP contribution in [0.2, 0.25) is 0 Å². The lowest BCUT2D eigenvalue weighted by molar-refractivity contribution is 0.189. The van der Waals surface area contributed by atoms with Gasteiger partial charge in [0.1, 0.15) is 12.7 Å². The van der Waals surface area contributed by atoms with E-state index in [2.05, 4.69) is 10.1 Å². The zero-order chi connectivity index (χ0) is 7.68. The van der Waals surface area contributed by atoms with Crippen LogP contribution in [0.25, 0.3) is 0 Å². The highest BCUT2D eigenvalue weighted by atomic mass is 15.3. The van der Waals surface area contributed by atoms with Crippen molar-refractivity contribution in [1.29, 1.82) is 0 Å². The van der Waals surface area contributed by atoms with Crippen LogP contribution in [0.15, 0.2) is 12.7 Å². The quantitative estimate of drug-likeness (QED) is 0.658. The molecule has 1 fully saturated rings. The number of aromatic nitrogens is 3. The standard InChI is InChI=1S/C7H12N4/c8-3-6-1-7(2-6)11-5-9-4-10-11/h4-7H,1-3,8H2. The Morgan fingerprint density at radius 1 is 1.55 bits per heavy atom. The average molecular weight is 152 g/mol. The Bertz CT molecular complexity index is 212. The molecule has 1 heterocycles. The first-order valence-electron chi connectivity index (χ1n) is 3.94. The van der Waals surface area contributed by atoms with Crippen LogP contribution in [0.5, 0.6) is 0 Å². The topological polar surface area (TPSA) is 56.7 Å². The Labute approximate surface area is 65.4 Å². The lowest BCUT2D eigenvalue weighted by Gasteiger charge is -2.33. The van der Waals surface area contributed by atoms with Gasteiger partial charge >= 0.3 is 0 Å². The second kappa shape index (κ2) is 2.62. The SMILES string of the molecule is NCC1CC(n2cncn2)C1. The molecule has 1 saturated carbocycles. The van der Waals surface area contributed by atoms with Crippen LogP contribution in [-0.4, -0.2) is 21.3 Å². The largest absolute Gasteiger partial charge is 0.330 e. The van der Waals surface area contributed by atoms with E-state index in [1.165, 1.54) is 12.8 Å². The highest BCUT2D eigenvalue weighted by molar-refractivity contribution is 4.84. The molecule has 60 valence electrons. The van der Waals surface area contributed by atoms with Gasteiger partial charge in [0.2, 0.25) is 0 Å². The van der Waals surface area contributed by atoms with E-state index in [-0.39, 0.29) is 0 Å². The highest BCUT2D eigenvalue weighted by Crippen LogP contribution is 2.35. The summed E-state index contributed by atoms with van der Waals surface area (Å²) in [6, 6.07) is 0.561. The van der Waals surface area contributed by atoms with Crippen molar-refractivity contribution < 1.29 is 0 Å². The smallest absolute Gasteiger partial charge is 0.137 e. The van der Waals surface area contributed by atoms with Crippen LogP contribution in [0, 0.1) is 5.92 Å². The van der Waals surface area contributed by atoms with E-state index in [4.69, 9.17) is 5.73 Å². The van der Waals surface area contributed by atoms with Gasteiger partial charge in [-0.05, 0) is 25.3 Å². The Morgan fingerprint density at radius 3 is 2.91 bits per heavy atom. The summed E-state index contributed by atoms with van der Waals surface area (Å²) in [5.74, 6) is 0.712. The second-order valence-corrected chi connectivity index (χ2v) is 3.10. The van der Waals surface area contributed by atoms with E-state index >= 15 is 0 Å².